The topological polar surface area (TPSA) is 122 Å². The minimum atomic E-state index is -0.787. The fraction of sp³-hybridized carbons (Fsp3) is 0.324. The van der Waals surface area contributed by atoms with Gasteiger partial charge in [-0.3, -0.25) is 9.80 Å². The number of carbonyl (C=O) groups is 2. The summed E-state index contributed by atoms with van der Waals surface area (Å²) in [5, 5.41) is 1.22. The number of nitrogens with zero attached hydrogens (tertiary/aromatic N) is 2. The molecule has 2 atom stereocenters. The fourth-order valence-electron chi connectivity index (χ4n) is 6.47. The van der Waals surface area contributed by atoms with E-state index in [1.807, 2.05) is 18.2 Å². The van der Waals surface area contributed by atoms with Gasteiger partial charge >= 0.3 is 12.1 Å². The molecule has 2 N–H and O–H groups in total. The number of H-pyrrole nitrogens is 1. The molecular weight excluding hydrogens is 705 g/mol. The number of aromatic nitrogens is 1. The van der Waals surface area contributed by atoms with Crippen LogP contribution in [-0.4, -0.2) is 62.4 Å². The molecule has 4 aromatic rings. The van der Waals surface area contributed by atoms with Gasteiger partial charge in [-0.2, -0.15) is 0 Å². The summed E-state index contributed by atoms with van der Waals surface area (Å²) in [4.78, 5) is 34.4. The van der Waals surface area contributed by atoms with E-state index >= 15 is 0 Å². The lowest BCUT2D eigenvalue weighted by molar-refractivity contribution is -0.377. The highest BCUT2D eigenvalue weighted by Crippen LogP contribution is 2.36. The predicted molar refractivity (Wildman–Crippen MR) is 190 cm³/mol. The van der Waals surface area contributed by atoms with E-state index in [0.29, 0.717) is 60.4 Å². The number of anilines is 1. The first-order valence-electron chi connectivity index (χ1n) is 16.0. The van der Waals surface area contributed by atoms with E-state index in [1.54, 1.807) is 68.0 Å². The average Bonchev–Trinajstić information content (AvgIpc) is 3.12. The number of ether oxygens (including phenoxy) is 4. The van der Waals surface area contributed by atoms with Crippen molar-refractivity contribution in [3.8, 4) is 11.5 Å². The first-order chi connectivity index (χ1) is 23.7. The number of rotatable bonds is 11. The van der Waals surface area contributed by atoms with E-state index in [-0.39, 0.29) is 24.5 Å². The summed E-state index contributed by atoms with van der Waals surface area (Å²) in [5.74, 6) is 0.781. The highest BCUT2D eigenvalue weighted by Gasteiger charge is 2.37. The van der Waals surface area contributed by atoms with Crippen LogP contribution in [0.2, 0.25) is 15.1 Å². The number of pyridine rings is 1. The third kappa shape index (κ3) is 8.45. The Morgan fingerprint density at radius 2 is 1.62 bits per heavy atom. The maximum Gasteiger partial charge on any atom is 0.414 e. The largest absolute Gasteiger partial charge is 0.870 e. The number of esters is 1. The van der Waals surface area contributed by atoms with Gasteiger partial charge in [-0.05, 0) is 79.4 Å². The number of methoxy groups -OCH3 is 2. The Kier molecular flexibility index (Phi) is 12.5. The average molecular weight is 743 g/mol. The van der Waals surface area contributed by atoms with E-state index in [9.17, 15) is 9.59 Å². The standard InChI is InChI=1S/C37H36Cl3N3O6.H2O/c1-46-32-11-10-25(17-34(32)47-2)33(18-27-29(39)19-41-20-30(27)40)48-36(44)26-7-5-6-23(16-26)21-43(31-9-4-3-8-28(31)38)37(45)49-35-22-42-14-12-24(35)13-15-42;/h3-11,16-17,19-20,24,33,35H,12-15,18,21-22H2,1-2H3;1H2/t33-,35-;/m0./s1. The molecule has 0 spiro atoms. The molecule has 0 radical (unpaired) electrons. The Morgan fingerprint density at radius 3 is 2.28 bits per heavy atom. The molecule has 4 heterocycles. The molecule has 0 saturated carbocycles. The van der Waals surface area contributed by atoms with Crippen molar-refractivity contribution in [2.75, 3.05) is 38.8 Å². The lowest BCUT2D eigenvalue weighted by Gasteiger charge is -2.44. The molecule has 3 aromatic carbocycles. The van der Waals surface area contributed by atoms with E-state index in [4.69, 9.17) is 53.8 Å². The van der Waals surface area contributed by atoms with Crippen LogP contribution < -0.4 is 19.4 Å². The number of hydrogen-bond acceptors (Lipinski definition) is 8. The number of para-hydroxylation sites is 1. The maximum atomic E-state index is 13.8. The van der Waals surface area contributed by atoms with Crippen LogP contribution >= 0.6 is 34.8 Å². The van der Waals surface area contributed by atoms with Gasteiger partial charge in [-0.15, -0.1) is 0 Å². The van der Waals surface area contributed by atoms with Gasteiger partial charge < -0.3 is 24.4 Å². The maximum absolute atomic E-state index is 13.8. The second-order valence-corrected chi connectivity index (χ2v) is 13.4. The molecule has 0 unspecified atom stereocenters. The molecule has 0 aliphatic carbocycles. The van der Waals surface area contributed by atoms with Crippen molar-refractivity contribution in [2.24, 2.45) is 5.92 Å². The Morgan fingerprint density at radius 1 is 0.900 bits per heavy atom. The molecule has 3 aliphatic rings. The lowest BCUT2D eigenvalue weighted by atomic mass is 9.86. The smallest absolute Gasteiger partial charge is 0.414 e. The van der Waals surface area contributed by atoms with Crippen molar-refractivity contribution in [3.63, 3.8) is 0 Å². The number of amides is 1. The first-order valence-corrected chi connectivity index (χ1v) is 17.2. The third-order valence-corrected chi connectivity index (χ3v) is 10.1. The minimum absolute atomic E-state index is 0. The van der Waals surface area contributed by atoms with Crippen LogP contribution in [0.15, 0.2) is 79.1 Å². The molecule has 1 amide bonds. The zero-order chi connectivity index (χ0) is 34.5. The Hall–Kier alpha value is -4.06. The predicted octanol–water partition coefficient (Wildman–Crippen LogP) is 7.68. The molecule has 10 nitrogen and oxygen atoms in total. The van der Waals surface area contributed by atoms with Gasteiger partial charge in [0.1, 0.15) is 22.3 Å². The molecule has 1 aromatic heterocycles. The van der Waals surface area contributed by atoms with Crippen LogP contribution in [0.5, 0.6) is 11.5 Å². The molecule has 3 saturated heterocycles. The van der Waals surface area contributed by atoms with Crippen LogP contribution in [-0.2, 0) is 22.4 Å². The van der Waals surface area contributed by atoms with Crippen LogP contribution in [0.3, 0.4) is 0 Å². The Labute approximate surface area is 306 Å². The summed E-state index contributed by atoms with van der Waals surface area (Å²) in [6, 6.07) is 19.4. The van der Waals surface area contributed by atoms with Gasteiger partial charge in [0.2, 0.25) is 0 Å². The number of aromatic amines is 1. The van der Waals surface area contributed by atoms with Crippen molar-refractivity contribution in [1.29, 1.82) is 0 Å². The highest BCUT2D eigenvalue weighted by atomic mass is 35.5. The van der Waals surface area contributed by atoms with E-state index in [0.717, 1.165) is 32.5 Å². The molecule has 3 aliphatic heterocycles. The summed E-state index contributed by atoms with van der Waals surface area (Å²) < 4.78 is 23.2. The van der Waals surface area contributed by atoms with Crippen LogP contribution in [0, 0.1) is 5.92 Å². The number of carbonyl (C=O) groups excluding carboxylic acids is 2. The summed E-state index contributed by atoms with van der Waals surface area (Å²) in [5.41, 5.74) is 2.77. The number of piperidine rings is 3. The summed E-state index contributed by atoms with van der Waals surface area (Å²) >= 11 is 19.6. The molecule has 2 bridgehead atoms. The number of nitrogens with one attached hydrogen (secondary N) is 1. The zero-order valence-corrected chi connectivity index (χ0v) is 29.9. The van der Waals surface area contributed by atoms with Crippen molar-refractivity contribution in [3.05, 3.63) is 116 Å². The molecule has 7 rings (SSSR count). The van der Waals surface area contributed by atoms with Crippen molar-refractivity contribution in [2.45, 2.75) is 38.0 Å². The van der Waals surface area contributed by atoms with Crippen LogP contribution in [0.25, 0.3) is 0 Å². The molecule has 50 heavy (non-hydrogen) atoms. The Bertz CT molecular complexity index is 1800. The first kappa shape index (κ1) is 37.2. The van der Waals surface area contributed by atoms with E-state index in [1.165, 1.54) is 12.0 Å². The summed E-state index contributed by atoms with van der Waals surface area (Å²) in [6.07, 6.45) is 4.00. The number of halogens is 3. The van der Waals surface area contributed by atoms with Gasteiger partial charge in [0.15, 0.2) is 23.9 Å². The van der Waals surface area contributed by atoms with E-state index < -0.39 is 18.2 Å². The summed E-state index contributed by atoms with van der Waals surface area (Å²) in [7, 11) is 3.08. The minimum Gasteiger partial charge on any atom is -0.870 e. The Balaban J connectivity index is 0.00000486. The van der Waals surface area contributed by atoms with Crippen LogP contribution in [0.4, 0.5) is 10.5 Å². The number of hydrogen-bond donors (Lipinski definition) is 0. The quantitative estimate of drug-likeness (QED) is 0.144. The molecular formula is C37H38Cl3N3O7. The lowest BCUT2D eigenvalue weighted by Crippen LogP contribution is -2.53. The normalized spacial score (nSPS) is 18.4. The SMILES string of the molecule is COc1ccc([C@H](Cc2c(Cl)c[nH+]cc2Cl)OC(=O)c2cccc(CN(C(=O)O[C@H]3CN4CCC3CC4)c3ccccc3Cl)c2)cc1OC.[OH-]. The molecule has 264 valence electrons. The van der Waals surface area contributed by atoms with Crippen molar-refractivity contribution < 1.29 is 39.0 Å². The second-order valence-electron chi connectivity index (χ2n) is 12.1. The van der Waals surface area contributed by atoms with Gasteiger partial charge in [0, 0.05) is 18.5 Å². The zero-order valence-electron chi connectivity index (χ0n) is 27.6. The van der Waals surface area contributed by atoms with E-state index in [2.05, 4.69) is 9.88 Å². The molecule has 3 fully saturated rings. The van der Waals surface area contributed by atoms with Gasteiger partial charge in [-0.1, -0.05) is 65.1 Å². The number of benzene rings is 3. The van der Waals surface area contributed by atoms with Crippen LogP contribution in [0.1, 0.15) is 46.0 Å². The fourth-order valence-corrected chi connectivity index (χ4v) is 7.24. The third-order valence-electron chi connectivity index (χ3n) is 9.13. The van der Waals surface area contributed by atoms with Crippen molar-refractivity contribution in [1.82, 2.24) is 4.90 Å². The van der Waals surface area contributed by atoms with Gasteiger partial charge in [0.25, 0.3) is 0 Å². The monoisotopic (exact) mass is 741 g/mol. The van der Waals surface area contributed by atoms with Gasteiger partial charge in [0.05, 0.1) is 37.0 Å². The highest BCUT2D eigenvalue weighted by molar-refractivity contribution is 6.35. The van der Waals surface area contributed by atoms with Gasteiger partial charge in [-0.25, -0.2) is 14.6 Å². The van der Waals surface area contributed by atoms with Crippen molar-refractivity contribution >= 4 is 52.6 Å². The summed E-state index contributed by atoms with van der Waals surface area (Å²) in [6.45, 7) is 2.92. The molecule has 13 heteroatoms. The number of fused-ring (bicyclic) bond motifs is 3. The second kappa shape index (κ2) is 16.8.